The molecule has 6 nitrogen and oxygen atoms in total. The second-order valence-electron chi connectivity index (χ2n) is 8.65. The van der Waals surface area contributed by atoms with Gasteiger partial charge in [-0.15, -0.1) is 0 Å². The van der Waals surface area contributed by atoms with Gasteiger partial charge in [-0.05, 0) is 0 Å². The number of nitrogens with zero attached hydrogens (tertiary/aromatic N) is 1. The van der Waals surface area contributed by atoms with E-state index in [0.29, 0.717) is 32.6 Å². The molecule has 0 spiro atoms. The summed E-state index contributed by atoms with van der Waals surface area (Å²) in [7, 11) is -3.92. The Morgan fingerprint density at radius 2 is 1.66 bits per heavy atom. The molecule has 4 aromatic carbocycles. The topological polar surface area (TPSA) is 91.7 Å². The van der Waals surface area contributed by atoms with Crippen molar-refractivity contribution in [3.63, 3.8) is 0 Å². The molecule has 0 aliphatic carbocycles. The number of benzene rings is 4. The van der Waals surface area contributed by atoms with Gasteiger partial charge in [0.1, 0.15) is 0 Å². The number of hydrogen-bond acceptors (Lipinski definition) is 4. The van der Waals surface area contributed by atoms with E-state index in [2.05, 4.69) is 0 Å². The Hall–Kier alpha value is -3.45. The maximum absolute atomic E-state index is 13.4. The van der Waals surface area contributed by atoms with Crippen molar-refractivity contribution in [2.45, 2.75) is 11.3 Å². The quantitative estimate of drug-likeness (QED) is 0.311. The van der Waals surface area contributed by atoms with Crippen molar-refractivity contribution in [2.24, 2.45) is 0 Å². The van der Waals surface area contributed by atoms with Crippen LogP contribution in [-0.2, 0) is 16.4 Å². The number of halogens is 2. The summed E-state index contributed by atoms with van der Waals surface area (Å²) in [6, 6.07) is 21.4. The Kier molecular flexibility index (Phi) is 7.14. The minimum atomic E-state index is -3.92. The zero-order chi connectivity index (χ0) is 27.0. The second-order valence-corrected chi connectivity index (χ2v) is 13.6. The molecule has 1 unspecified atom stereocenters. The van der Waals surface area contributed by atoms with Crippen LogP contribution in [0.25, 0.3) is 11.1 Å². The third-order valence-electron chi connectivity index (χ3n) is 6.25. The summed E-state index contributed by atoms with van der Waals surface area (Å²) >= 11 is 4.41. The molecular weight excluding hydrogens is 592 g/mol. The van der Waals surface area contributed by atoms with E-state index in [0.717, 1.165) is 5.56 Å². The summed E-state index contributed by atoms with van der Waals surface area (Å²) < 4.78 is 41.6. The van der Waals surface area contributed by atoms with Gasteiger partial charge in [-0.2, -0.15) is 0 Å². The summed E-state index contributed by atoms with van der Waals surface area (Å²) in [5, 5.41) is 10.3. The van der Waals surface area contributed by atoms with Crippen molar-refractivity contribution < 1.29 is 27.5 Å². The molecule has 5 rings (SSSR count). The fourth-order valence-corrected chi connectivity index (χ4v) is 8.26. The number of carbonyl (C=O) groups excluding carboxylic acids is 1. The van der Waals surface area contributed by atoms with Gasteiger partial charge in [-0.1, -0.05) is 0 Å². The van der Waals surface area contributed by atoms with E-state index in [1.807, 2.05) is 0 Å². The Morgan fingerprint density at radius 3 is 2.39 bits per heavy atom. The molecule has 10 heteroatoms. The van der Waals surface area contributed by atoms with Crippen LogP contribution >= 0.6 is 11.6 Å². The van der Waals surface area contributed by atoms with Crippen molar-refractivity contribution in [1.82, 2.24) is 0 Å². The molecular formula is C28H20AsClFNO5S. The molecule has 1 aliphatic rings. The average Bonchev–Trinajstić information content (AvgIpc) is 3.33. The van der Waals surface area contributed by atoms with Crippen LogP contribution in [0.5, 0.6) is 0 Å². The van der Waals surface area contributed by atoms with E-state index >= 15 is 0 Å². The number of anilines is 1. The molecule has 1 heterocycles. The first kappa shape index (κ1) is 26.2. The number of carboxylic acids is 1. The summed E-state index contributed by atoms with van der Waals surface area (Å²) in [6.07, 6.45) is 0.534. The normalized spacial score (nSPS) is 13.2. The summed E-state index contributed by atoms with van der Waals surface area (Å²) in [5.74, 6) is -1.58. The zero-order valence-electron chi connectivity index (χ0n) is 19.7. The second kappa shape index (κ2) is 10.4. The molecule has 0 fully saturated rings. The van der Waals surface area contributed by atoms with Gasteiger partial charge in [0.05, 0.1) is 0 Å². The molecule has 0 amide bonds. The fourth-order valence-electron chi connectivity index (χ4n) is 4.36. The van der Waals surface area contributed by atoms with Crippen LogP contribution in [0.4, 0.5) is 10.1 Å². The van der Waals surface area contributed by atoms with Crippen LogP contribution < -0.4 is 8.66 Å². The zero-order valence-corrected chi connectivity index (χ0v) is 23.4. The van der Waals surface area contributed by atoms with Crippen molar-refractivity contribution in [1.29, 1.82) is 0 Å². The van der Waals surface area contributed by atoms with Crippen LogP contribution in [0.3, 0.4) is 0 Å². The third kappa shape index (κ3) is 5.12. The monoisotopic (exact) mass is 611 g/mol. The molecule has 192 valence electrons. The Morgan fingerprint density at radius 1 is 0.921 bits per heavy atom. The minimum absolute atomic E-state index is 0.00344. The van der Waals surface area contributed by atoms with Gasteiger partial charge >= 0.3 is 231 Å². The van der Waals surface area contributed by atoms with Gasteiger partial charge in [-0.3, -0.25) is 0 Å². The summed E-state index contributed by atoms with van der Waals surface area (Å²) in [4.78, 5) is 25.2. The van der Waals surface area contributed by atoms with E-state index in [-0.39, 0.29) is 27.1 Å². The van der Waals surface area contributed by atoms with Gasteiger partial charge in [0.2, 0.25) is 0 Å². The Labute approximate surface area is 230 Å². The molecule has 0 saturated heterocycles. The van der Waals surface area contributed by atoms with Gasteiger partial charge in [0.25, 0.3) is 0 Å². The fraction of sp³-hybridized carbons (Fsp3) is 0.0714. The SMILES string of the molecule is O=C([AsH]c1ccc(-c2ccc(F)cc2)cc1C(=O)O)c1cccc(S(=O)(=O)N2CCc3cc(Cl)ccc32)c1. The standard InChI is InChI=1S/C28H20AsClFNO5S/c30-21-7-11-26-19(14-21)12-13-32(26)38(36,37)23-3-1-2-20(15-23)27(33)29-25-10-6-18(16-24(25)28(34)35)17-4-8-22(31)9-5-17/h1-11,14-16,29H,12-13H2,(H,34,35). The number of sulfonamides is 1. The van der Waals surface area contributed by atoms with Crippen molar-refractivity contribution in [3.8, 4) is 11.1 Å². The van der Waals surface area contributed by atoms with Crippen molar-refractivity contribution >= 4 is 58.0 Å². The first-order valence-electron chi connectivity index (χ1n) is 11.5. The average molecular weight is 612 g/mol. The van der Waals surface area contributed by atoms with Gasteiger partial charge < -0.3 is 0 Å². The number of rotatable bonds is 7. The molecule has 0 aromatic heterocycles. The molecule has 0 bridgehead atoms. The van der Waals surface area contributed by atoms with E-state index in [9.17, 15) is 27.5 Å². The van der Waals surface area contributed by atoms with Gasteiger partial charge in [-0.25, -0.2) is 0 Å². The van der Waals surface area contributed by atoms with Crippen LogP contribution in [0.1, 0.15) is 26.3 Å². The van der Waals surface area contributed by atoms with Crippen LogP contribution in [-0.4, -0.2) is 46.4 Å². The predicted molar refractivity (Wildman–Crippen MR) is 146 cm³/mol. The number of carboxylic acid groups (broad SMARTS) is 1. The maximum atomic E-state index is 13.4. The summed E-state index contributed by atoms with van der Waals surface area (Å²) in [6.45, 7) is 0.270. The molecule has 1 atom stereocenters. The van der Waals surface area contributed by atoms with E-state index in [4.69, 9.17) is 11.6 Å². The van der Waals surface area contributed by atoms with Crippen LogP contribution in [0.2, 0.25) is 5.02 Å². The molecule has 0 saturated carbocycles. The van der Waals surface area contributed by atoms with Crippen molar-refractivity contribution in [3.05, 3.63) is 112 Å². The van der Waals surface area contributed by atoms with Crippen molar-refractivity contribution in [2.75, 3.05) is 10.8 Å². The number of carbonyl (C=O) groups is 2. The number of fused-ring (bicyclic) bond motifs is 1. The van der Waals surface area contributed by atoms with Gasteiger partial charge in [0, 0.05) is 0 Å². The molecule has 1 N–H and O–H groups in total. The van der Waals surface area contributed by atoms with E-state index in [1.165, 1.54) is 46.8 Å². The molecule has 1 aliphatic heterocycles. The predicted octanol–water partition coefficient (Wildman–Crippen LogP) is 4.50. The Bertz CT molecular complexity index is 1690. The number of aromatic carboxylic acids is 1. The van der Waals surface area contributed by atoms with Gasteiger partial charge in [0.15, 0.2) is 0 Å². The third-order valence-corrected chi connectivity index (χ3v) is 10.9. The van der Waals surface area contributed by atoms with E-state index in [1.54, 1.807) is 42.5 Å². The molecule has 38 heavy (non-hydrogen) atoms. The molecule has 0 radical (unpaired) electrons. The van der Waals surface area contributed by atoms with Crippen LogP contribution in [0.15, 0.2) is 89.8 Å². The summed E-state index contributed by atoms with van der Waals surface area (Å²) in [5.41, 5.74) is 2.84. The first-order chi connectivity index (χ1) is 18.1. The first-order valence-corrected chi connectivity index (χ1v) is 15.4. The molecule has 4 aromatic rings. The van der Waals surface area contributed by atoms with Crippen LogP contribution in [0, 0.1) is 5.82 Å². The van der Waals surface area contributed by atoms with E-state index < -0.39 is 37.6 Å². The Balaban J connectivity index is 1.42. The number of hydrogen-bond donors (Lipinski definition) is 1.